The Kier molecular flexibility index (Phi) is 5.09. The first kappa shape index (κ1) is 21.1. The number of carbonyl (C=O) groups is 1. The molecule has 33 heavy (non-hydrogen) atoms. The van der Waals surface area contributed by atoms with Gasteiger partial charge in [0.25, 0.3) is 0 Å². The molecule has 3 heterocycles. The van der Waals surface area contributed by atoms with Crippen molar-refractivity contribution in [1.82, 2.24) is 20.0 Å². The minimum absolute atomic E-state index is 0.0788. The van der Waals surface area contributed by atoms with Crippen molar-refractivity contribution in [2.75, 3.05) is 16.8 Å². The molecule has 0 aliphatic carbocycles. The molecule has 2 aromatic carbocycles. The number of amides is 1. The number of primary amides is 1. The summed E-state index contributed by atoms with van der Waals surface area (Å²) in [5.74, 6) is 0.981. The molecule has 1 aliphatic rings. The monoisotopic (exact) mass is 462 g/mol. The smallest absolute Gasteiger partial charge is 0.248 e. The number of nitrogens with two attached hydrogens (primary N) is 1. The Morgan fingerprint density at radius 3 is 2.48 bits per heavy atom. The lowest BCUT2D eigenvalue weighted by atomic mass is 10.0. The van der Waals surface area contributed by atoms with E-state index in [0.29, 0.717) is 29.3 Å². The van der Waals surface area contributed by atoms with Crippen LogP contribution in [-0.2, 0) is 9.84 Å². The summed E-state index contributed by atoms with van der Waals surface area (Å²) >= 11 is 0. The van der Waals surface area contributed by atoms with Crippen molar-refractivity contribution in [1.29, 1.82) is 0 Å². The zero-order valence-corrected chi connectivity index (χ0v) is 18.7. The van der Waals surface area contributed by atoms with Crippen molar-refractivity contribution in [2.45, 2.75) is 19.4 Å². The lowest BCUT2D eigenvalue weighted by Gasteiger charge is -2.15. The quantitative estimate of drug-likeness (QED) is 0.466. The molecule has 1 unspecified atom stereocenters. The van der Waals surface area contributed by atoms with E-state index >= 15 is 0 Å². The van der Waals surface area contributed by atoms with Crippen LogP contribution in [0.25, 0.3) is 22.0 Å². The summed E-state index contributed by atoms with van der Waals surface area (Å²) in [4.78, 5) is 11.4. The van der Waals surface area contributed by atoms with Crippen LogP contribution in [0.15, 0.2) is 54.6 Å². The lowest BCUT2D eigenvalue weighted by molar-refractivity contribution is 0.100. The summed E-state index contributed by atoms with van der Waals surface area (Å²) in [6, 6.07) is 16.3. The summed E-state index contributed by atoms with van der Waals surface area (Å²) in [7, 11) is -3.05. The number of aryl methyl sites for hydroxylation is 1. The molecule has 2 aromatic heterocycles. The van der Waals surface area contributed by atoms with E-state index in [1.807, 2.05) is 37.3 Å². The zero-order chi connectivity index (χ0) is 23.2. The Balaban J connectivity index is 1.54. The summed E-state index contributed by atoms with van der Waals surface area (Å²) in [5, 5.41) is 18.5. The molecule has 168 valence electrons. The van der Waals surface area contributed by atoms with E-state index in [1.165, 1.54) is 0 Å². The second-order valence-electron chi connectivity index (χ2n) is 8.18. The maximum Gasteiger partial charge on any atom is 0.248 e. The number of rotatable bonds is 5. The Labute approximate surface area is 190 Å². The lowest BCUT2D eigenvalue weighted by Crippen LogP contribution is -2.15. The number of carbonyl (C=O) groups excluding carboxylic acids is 1. The molecule has 1 saturated heterocycles. The van der Waals surface area contributed by atoms with Crippen LogP contribution in [0.2, 0.25) is 0 Å². The molecule has 1 amide bonds. The maximum absolute atomic E-state index is 12.0. The molecular weight excluding hydrogens is 440 g/mol. The summed E-state index contributed by atoms with van der Waals surface area (Å²) in [6.07, 6.45) is 0.533. The Hall–Kier alpha value is -3.79. The minimum atomic E-state index is -3.05. The highest BCUT2D eigenvalue weighted by Crippen LogP contribution is 2.33. The minimum Gasteiger partial charge on any atom is -0.366 e. The van der Waals surface area contributed by atoms with Gasteiger partial charge in [-0.15, -0.1) is 10.2 Å². The Morgan fingerprint density at radius 2 is 1.82 bits per heavy atom. The van der Waals surface area contributed by atoms with Gasteiger partial charge in [0.05, 0.1) is 23.2 Å². The van der Waals surface area contributed by atoms with Crippen molar-refractivity contribution >= 4 is 38.2 Å². The van der Waals surface area contributed by atoms with Crippen LogP contribution in [0, 0.1) is 6.92 Å². The summed E-state index contributed by atoms with van der Waals surface area (Å²) in [5.41, 5.74) is 8.04. The second-order valence-corrected chi connectivity index (χ2v) is 10.4. The average Bonchev–Trinajstić information content (AvgIpc) is 3.35. The molecule has 0 saturated carbocycles. The fourth-order valence-corrected chi connectivity index (χ4v) is 5.87. The van der Waals surface area contributed by atoms with Gasteiger partial charge in [-0.25, -0.2) is 13.1 Å². The molecule has 4 aromatic rings. The van der Waals surface area contributed by atoms with Crippen molar-refractivity contribution in [3.63, 3.8) is 0 Å². The predicted molar refractivity (Wildman–Crippen MR) is 126 cm³/mol. The predicted octanol–water partition coefficient (Wildman–Crippen LogP) is 3.00. The number of sulfone groups is 1. The van der Waals surface area contributed by atoms with Gasteiger partial charge < -0.3 is 11.1 Å². The number of hydrogen-bond donors (Lipinski definition) is 2. The summed E-state index contributed by atoms with van der Waals surface area (Å²) in [6.45, 7) is 1.87. The van der Waals surface area contributed by atoms with Gasteiger partial charge in [0, 0.05) is 28.0 Å². The van der Waals surface area contributed by atoms with Crippen LogP contribution in [0.1, 0.15) is 28.5 Å². The molecule has 0 spiro atoms. The number of anilines is 2. The van der Waals surface area contributed by atoms with Crippen LogP contribution in [0.3, 0.4) is 0 Å². The number of benzene rings is 2. The highest BCUT2D eigenvalue weighted by molar-refractivity contribution is 7.91. The SMILES string of the molecule is Cc1cc(Nc2nnc(-c3ccc(C(N)=O)cc3)c3ccccc23)n(C2CCS(=O)(=O)C2)n1. The first-order valence-electron chi connectivity index (χ1n) is 10.5. The first-order valence-corrected chi connectivity index (χ1v) is 12.3. The molecule has 9 nitrogen and oxygen atoms in total. The average molecular weight is 463 g/mol. The molecule has 3 N–H and O–H groups in total. The second kappa shape index (κ2) is 7.96. The van der Waals surface area contributed by atoms with Crippen molar-refractivity contribution in [2.24, 2.45) is 5.73 Å². The number of nitrogens with zero attached hydrogens (tertiary/aromatic N) is 4. The Morgan fingerprint density at radius 1 is 1.09 bits per heavy atom. The first-order chi connectivity index (χ1) is 15.8. The number of hydrogen-bond acceptors (Lipinski definition) is 7. The fourth-order valence-electron chi connectivity index (χ4n) is 4.18. The van der Waals surface area contributed by atoms with Gasteiger partial charge in [-0.05, 0) is 25.5 Å². The highest BCUT2D eigenvalue weighted by atomic mass is 32.2. The van der Waals surface area contributed by atoms with Crippen LogP contribution in [0.4, 0.5) is 11.6 Å². The number of fused-ring (bicyclic) bond motifs is 1. The van der Waals surface area contributed by atoms with E-state index in [0.717, 1.165) is 22.0 Å². The maximum atomic E-state index is 12.0. The molecule has 1 fully saturated rings. The van der Waals surface area contributed by atoms with E-state index in [4.69, 9.17) is 5.73 Å². The molecule has 1 aliphatic heterocycles. The van der Waals surface area contributed by atoms with Gasteiger partial charge >= 0.3 is 0 Å². The van der Waals surface area contributed by atoms with Crippen molar-refractivity contribution < 1.29 is 13.2 Å². The van der Waals surface area contributed by atoms with E-state index in [9.17, 15) is 13.2 Å². The number of aromatic nitrogens is 4. The zero-order valence-electron chi connectivity index (χ0n) is 17.9. The van der Waals surface area contributed by atoms with Gasteiger partial charge in [0.2, 0.25) is 5.91 Å². The Bertz CT molecular complexity index is 1480. The van der Waals surface area contributed by atoms with Crippen LogP contribution in [0.5, 0.6) is 0 Å². The molecule has 1 atom stereocenters. The van der Waals surface area contributed by atoms with Crippen LogP contribution in [-0.4, -0.2) is 45.8 Å². The number of nitrogens with one attached hydrogen (secondary N) is 1. The van der Waals surface area contributed by atoms with Crippen LogP contribution >= 0.6 is 0 Å². The van der Waals surface area contributed by atoms with Crippen LogP contribution < -0.4 is 11.1 Å². The molecule has 0 radical (unpaired) electrons. The van der Waals surface area contributed by atoms with E-state index in [2.05, 4.69) is 20.6 Å². The van der Waals surface area contributed by atoms with Crippen molar-refractivity contribution in [3.05, 3.63) is 65.9 Å². The van der Waals surface area contributed by atoms with Gasteiger partial charge in [-0.1, -0.05) is 36.4 Å². The molecule has 5 rings (SSSR count). The topological polar surface area (TPSA) is 133 Å². The van der Waals surface area contributed by atoms with Gasteiger partial charge in [0.15, 0.2) is 15.7 Å². The van der Waals surface area contributed by atoms with E-state index in [1.54, 1.807) is 28.9 Å². The van der Waals surface area contributed by atoms with Gasteiger partial charge in [0.1, 0.15) is 11.5 Å². The molecule has 10 heteroatoms. The van der Waals surface area contributed by atoms with E-state index in [-0.39, 0.29) is 17.5 Å². The standard InChI is InChI=1S/C23H22N6O3S/c1-14-12-20(29(28-14)17-10-11-33(31,32)13-17)25-23-19-5-3-2-4-18(19)21(26-27-23)15-6-8-16(9-7-15)22(24)30/h2-9,12,17H,10-11,13H2,1H3,(H2,24,30)(H,25,27). The normalized spacial score (nSPS) is 17.3. The van der Waals surface area contributed by atoms with Crippen molar-refractivity contribution in [3.8, 4) is 11.3 Å². The summed E-state index contributed by atoms with van der Waals surface area (Å²) < 4.78 is 25.7. The van der Waals surface area contributed by atoms with Gasteiger partial charge in [-0.3, -0.25) is 4.79 Å². The third-order valence-corrected chi connectivity index (χ3v) is 7.54. The highest BCUT2D eigenvalue weighted by Gasteiger charge is 2.31. The third-order valence-electron chi connectivity index (χ3n) is 5.79. The van der Waals surface area contributed by atoms with Gasteiger partial charge in [-0.2, -0.15) is 5.10 Å². The fraction of sp³-hybridized carbons (Fsp3) is 0.217. The molecular formula is C23H22N6O3S. The van der Waals surface area contributed by atoms with E-state index < -0.39 is 15.7 Å². The molecule has 0 bridgehead atoms. The third kappa shape index (κ3) is 4.05. The largest absolute Gasteiger partial charge is 0.366 e.